The lowest BCUT2D eigenvalue weighted by molar-refractivity contribution is 0.221. The molecule has 18 heavy (non-hydrogen) atoms. The minimum absolute atomic E-state index is 0.102. The molecule has 0 radical (unpaired) electrons. The van der Waals surface area contributed by atoms with Gasteiger partial charge in [-0.1, -0.05) is 0 Å². The summed E-state index contributed by atoms with van der Waals surface area (Å²) in [5.74, 6) is 3.66. The highest BCUT2D eigenvalue weighted by Gasteiger charge is 2.47. The van der Waals surface area contributed by atoms with Crippen LogP contribution in [0.3, 0.4) is 0 Å². The molecule has 2 heterocycles. The maximum Gasteiger partial charge on any atom is 0.0721 e. The summed E-state index contributed by atoms with van der Waals surface area (Å²) in [6.45, 7) is 0. The van der Waals surface area contributed by atoms with Crippen LogP contribution in [0.4, 0.5) is 0 Å². The summed E-state index contributed by atoms with van der Waals surface area (Å²) in [4.78, 5) is 0. The van der Waals surface area contributed by atoms with Crippen LogP contribution in [0.5, 0.6) is 0 Å². The van der Waals surface area contributed by atoms with Crippen LogP contribution in [0, 0.1) is 0 Å². The maximum absolute atomic E-state index is 9.62. The number of hydrogen-bond donors (Lipinski definition) is 2. The monoisotopic (exact) mass is 324 g/mol. The average Bonchev–Trinajstić information content (AvgIpc) is 2.41. The Kier molecular flexibility index (Phi) is 4.44. The van der Waals surface area contributed by atoms with Crippen molar-refractivity contribution < 1.29 is 10.2 Å². The molecule has 0 unspecified atom stereocenters. The fraction of sp³-hybridized carbons (Fsp3) is 1.00. The topological polar surface area (TPSA) is 40.5 Å². The van der Waals surface area contributed by atoms with E-state index in [1.54, 1.807) is 0 Å². The van der Waals surface area contributed by atoms with Gasteiger partial charge in [-0.15, -0.1) is 47.0 Å². The lowest BCUT2D eigenvalue weighted by Gasteiger charge is -2.48. The molecule has 104 valence electrons. The molecule has 1 saturated carbocycles. The van der Waals surface area contributed by atoms with Crippen molar-refractivity contribution in [2.24, 2.45) is 0 Å². The Morgan fingerprint density at radius 2 is 0.889 bits per heavy atom. The smallest absolute Gasteiger partial charge is 0.0721 e. The fourth-order valence-electron chi connectivity index (χ4n) is 2.76. The van der Waals surface area contributed by atoms with E-state index in [0.29, 0.717) is 8.16 Å². The zero-order chi connectivity index (χ0) is 12.6. The molecule has 6 heteroatoms. The van der Waals surface area contributed by atoms with Crippen molar-refractivity contribution >= 4 is 47.0 Å². The molecule has 1 aliphatic carbocycles. The molecule has 0 aromatic heterocycles. The molecule has 3 fully saturated rings. The van der Waals surface area contributed by atoms with E-state index in [1.165, 1.54) is 25.7 Å². The predicted molar refractivity (Wildman–Crippen MR) is 85.8 cm³/mol. The highest BCUT2D eigenvalue weighted by Crippen LogP contribution is 2.60. The van der Waals surface area contributed by atoms with Gasteiger partial charge in [-0.3, -0.25) is 0 Å². The Bertz CT molecular complexity index is 254. The van der Waals surface area contributed by atoms with E-state index < -0.39 is 0 Å². The second kappa shape index (κ2) is 5.60. The molecular formula is C12H20O2S4. The molecule has 0 aromatic carbocycles. The Morgan fingerprint density at radius 1 is 0.611 bits per heavy atom. The summed E-state index contributed by atoms with van der Waals surface area (Å²) in [5, 5.41) is 19.2. The van der Waals surface area contributed by atoms with Crippen LogP contribution in [-0.2, 0) is 0 Å². The standard InChI is InChI=1S/C12H20O2S4/c13-9-5-15-11(16-6-9)1-2-12(4-3-11)17-7-10(14)8-18-12/h9-10,13-14H,1-8H2. The second-order valence-corrected chi connectivity index (χ2v) is 11.5. The van der Waals surface area contributed by atoms with Crippen LogP contribution in [0.25, 0.3) is 0 Å². The van der Waals surface area contributed by atoms with Crippen molar-refractivity contribution in [3.05, 3.63) is 0 Å². The quantitative estimate of drug-likeness (QED) is 0.714. The van der Waals surface area contributed by atoms with Crippen LogP contribution in [0.15, 0.2) is 0 Å². The molecule has 0 aromatic rings. The maximum atomic E-state index is 9.62. The molecule has 2 saturated heterocycles. The number of thioether (sulfide) groups is 4. The van der Waals surface area contributed by atoms with Gasteiger partial charge in [0.15, 0.2) is 0 Å². The average molecular weight is 325 g/mol. The minimum Gasteiger partial charge on any atom is -0.391 e. The van der Waals surface area contributed by atoms with E-state index in [2.05, 4.69) is 0 Å². The van der Waals surface area contributed by atoms with Crippen LogP contribution < -0.4 is 0 Å². The summed E-state index contributed by atoms with van der Waals surface area (Å²) in [5.41, 5.74) is 0. The fourth-order valence-corrected chi connectivity index (χ4v) is 8.97. The summed E-state index contributed by atoms with van der Waals surface area (Å²) in [6, 6.07) is 0. The van der Waals surface area contributed by atoms with E-state index in [4.69, 9.17) is 0 Å². The van der Waals surface area contributed by atoms with Crippen LogP contribution >= 0.6 is 47.0 Å². The van der Waals surface area contributed by atoms with Crippen molar-refractivity contribution in [1.29, 1.82) is 0 Å². The first-order chi connectivity index (χ1) is 8.62. The third-order valence-corrected chi connectivity index (χ3v) is 11.3. The molecule has 3 aliphatic rings. The molecule has 0 amide bonds. The van der Waals surface area contributed by atoms with Gasteiger partial charge < -0.3 is 10.2 Å². The highest BCUT2D eigenvalue weighted by molar-refractivity contribution is 8.19. The largest absolute Gasteiger partial charge is 0.391 e. The summed E-state index contributed by atoms with van der Waals surface area (Å²) >= 11 is 7.95. The molecule has 3 rings (SSSR count). The Labute approximate surface area is 126 Å². The third kappa shape index (κ3) is 2.98. The number of hydrogen-bond acceptors (Lipinski definition) is 6. The van der Waals surface area contributed by atoms with Crippen LogP contribution in [0.1, 0.15) is 25.7 Å². The van der Waals surface area contributed by atoms with Crippen molar-refractivity contribution in [1.82, 2.24) is 0 Å². The van der Waals surface area contributed by atoms with E-state index in [0.717, 1.165) is 23.0 Å². The van der Waals surface area contributed by atoms with Crippen molar-refractivity contribution in [3.8, 4) is 0 Å². The molecule has 2 spiro atoms. The van der Waals surface area contributed by atoms with Crippen LogP contribution in [0.2, 0.25) is 0 Å². The Morgan fingerprint density at radius 3 is 1.17 bits per heavy atom. The second-order valence-electron chi connectivity index (χ2n) is 5.37. The lowest BCUT2D eigenvalue weighted by Crippen LogP contribution is -2.42. The van der Waals surface area contributed by atoms with Gasteiger partial charge in [0, 0.05) is 23.0 Å². The van der Waals surface area contributed by atoms with Gasteiger partial charge in [0.25, 0.3) is 0 Å². The van der Waals surface area contributed by atoms with Crippen molar-refractivity contribution in [2.75, 3.05) is 23.0 Å². The Balaban J connectivity index is 1.57. The van der Waals surface area contributed by atoms with Gasteiger partial charge in [-0.2, -0.15) is 0 Å². The van der Waals surface area contributed by atoms with Gasteiger partial charge in [-0.05, 0) is 25.7 Å². The van der Waals surface area contributed by atoms with Crippen LogP contribution in [-0.4, -0.2) is 53.6 Å². The zero-order valence-corrected chi connectivity index (χ0v) is 13.6. The van der Waals surface area contributed by atoms with Crippen molar-refractivity contribution in [3.63, 3.8) is 0 Å². The zero-order valence-electron chi connectivity index (χ0n) is 10.3. The van der Waals surface area contributed by atoms with Gasteiger partial charge >= 0.3 is 0 Å². The predicted octanol–water partition coefficient (Wildman–Crippen LogP) is 2.63. The first-order valence-electron chi connectivity index (χ1n) is 6.53. The normalized spacial score (nSPS) is 49.7. The van der Waals surface area contributed by atoms with E-state index in [9.17, 15) is 10.2 Å². The van der Waals surface area contributed by atoms with Gasteiger partial charge in [0.2, 0.25) is 0 Å². The summed E-state index contributed by atoms with van der Waals surface area (Å²) in [7, 11) is 0. The molecule has 2 nitrogen and oxygen atoms in total. The first kappa shape index (κ1) is 14.3. The number of aliphatic hydroxyl groups excluding tert-OH is 2. The van der Waals surface area contributed by atoms with Gasteiger partial charge in [0.05, 0.1) is 20.4 Å². The molecule has 2 N–H and O–H groups in total. The Hall–Kier alpha value is 1.32. The number of aliphatic hydroxyl groups is 2. The minimum atomic E-state index is -0.102. The number of rotatable bonds is 0. The van der Waals surface area contributed by atoms with Gasteiger partial charge in [-0.25, -0.2) is 0 Å². The van der Waals surface area contributed by atoms with E-state index in [1.807, 2.05) is 47.0 Å². The van der Waals surface area contributed by atoms with Gasteiger partial charge in [0.1, 0.15) is 0 Å². The first-order valence-corrected chi connectivity index (χ1v) is 10.5. The SMILES string of the molecule is OC1CSC2(CCC3(CC2)SCC(O)CS3)SC1. The molecule has 2 aliphatic heterocycles. The summed E-state index contributed by atoms with van der Waals surface area (Å²) < 4.78 is 0.781. The van der Waals surface area contributed by atoms with E-state index >= 15 is 0 Å². The highest BCUT2D eigenvalue weighted by atomic mass is 32.2. The molecule has 0 bridgehead atoms. The summed E-state index contributed by atoms with van der Waals surface area (Å²) in [6.07, 6.45) is 4.87. The molecule has 0 atom stereocenters. The third-order valence-electron chi connectivity index (χ3n) is 3.93. The van der Waals surface area contributed by atoms with E-state index in [-0.39, 0.29) is 12.2 Å². The van der Waals surface area contributed by atoms with Crippen molar-refractivity contribution in [2.45, 2.75) is 46.0 Å². The lowest BCUT2D eigenvalue weighted by atomic mass is 9.98. The molecular weight excluding hydrogens is 304 g/mol.